The molecule has 104 valence electrons. The van der Waals surface area contributed by atoms with Gasteiger partial charge in [0.15, 0.2) is 0 Å². The lowest BCUT2D eigenvalue weighted by atomic mass is 10.0. The summed E-state index contributed by atoms with van der Waals surface area (Å²) in [6, 6.07) is 6.30. The summed E-state index contributed by atoms with van der Waals surface area (Å²) in [4.78, 5) is 11.7. The Morgan fingerprint density at radius 2 is 1.95 bits per heavy atom. The number of rotatable bonds is 5. The lowest BCUT2D eigenvalue weighted by Gasteiger charge is -2.22. The first-order chi connectivity index (χ1) is 9.24. The Balaban J connectivity index is 1.65. The second-order valence-corrected chi connectivity index (χ2v) is 4.99. The average Bonchev–Trinajstić information content (AvgIpc) is 2.45. The number of hydrogen-bond acceptors (Lipinski definition) is 2. The Kier molecular flexibility index (Phi) is 5.33. The first-order valence-electron chi connectivity index (χ1n) is 6.83. The van der Waals surface area contributed by atoms with Crippen molar-refractivity contribution < 1.29 is 13.9 Å². The molecule has 1 aromatic rings. The van der Waals surface area contributed by atoms with E-state index in [0.29, 0.717) is 18.8 Å². The fourth-order valence-electron chi connectivity index (χ4n) is 2.21. The molecule has 1 aromatic carbocycles. The van der Waals surface area contributed by atoms with Gasteiger partial charge in [0.05, 0.1) is 0 Å². The van der Waals surface area contributed by atoms with Crippen molar-refractivity contribution in [2.24, 2.45) is 5.92 Å². The molecule has 0 unspecified atom stereocenters. The zero-order valence-corrected chi connectivity index (χ0v) is 11.0. The average molecular weight is 265 g/mol. The molecule has 19 heavy (non-hydrogen) atoms. The predicted octanol–water partition coefficient (Wildman–Crippen LogP) is 2.30. The number of nitrogens with one attached hydrogen (secondary N) is 1. The van der Waals surface area contributed by atoms with E-state index in [1.165, 1.54) is 12.1 Å². The third-order valence-corrected chi connectivity index (χ3v) is 3.48. The molecule has 0 bridgehead atoms. The van der Waals surface area contributed by atoms with E-state index >= 15 is 0 Å². The molecule has 0 atom stereocenters. The quantitative estimate of drug-likeness (QED) is 0.887. The van der Waals surface area contributed by atoms with E-state index in [1.54, 1.807) is 12.1 Å². The Bertz CT molecular complexity index is 399. The molecule has 0 aliphatic carbocycles. The van der Waals surface area contributed by atoms with Crippen LogP contribution >= 0.6 is 0 Å². The summed E-state index contributed by atoms with van der Waals surface area (Å²) in [5, 5.41) is 2.97. The standard InChI is InChI=1S/C15H20FNO2/c16-14-4-1-12(2-5-14)3-6-15(18)17-11-13-7-9-19-10-8-13/h1-2,4-5,13H,3,6-11H2,(H,17,18). The molecule has 1 fully saturated rings. The van der Waals surface area contributed by atoms with E-state index in [0.717, 1.165) is 38.2 Å². The molecule has 1 aliphatic heterocycles. The molecule has 1 saturated heterocycles. The van der Waals surface area contributed by atoms with Crippen LogP contribution in [0.5, 0.6) is 0 Å². The van der Waals surface area contributed by atoms with Gasteiger partial charge in [-0.2, -0.15) is 0 Å². The van der Waals surface area contributed by atoms with Crippen molar-refractivity contribution >= 4 is 5.91 Å². The monoisotopic (exact) mass is 265 g/mol. The second-order valence-electron chi connectivity index (χ2n) is 4.99. The van der Waals surface area contributed by atoms with Gasteiger partial charge in [0.2, 0.25) is 5.91 Å². The molecule has 1 amide bonds. The Morgan fingerprint density at radius 3 is 2.63 bits per heavy atom. The minimum atomic E-state index is -0.243. The van der Waals surface area contributed by atoms with Gasteiger partial charge in [-0.15, -0.1) is 0 Å². The predicted molar refractivity (Wildman–Crippen MR) is 71.3 cm³/mol. The first kappa shape index (κ1) is 14.0. The van der Waals surface area contributed by atoms with Crippen LogP contribution in [-0.4, -0.2) is 25.7 Å². The molecule has 3 nitrogen and oxygen atoms in total. The highest BCUT2D eigenvalue weighted by atomic mass is 19.1. The van der Waals surface area contributed by atoms with Gasteiger partial charge < -0.3 is 10.1 Å². The topological polar surface area (TPSA) is 38.3 Å². The molecule has 1 N–H and O–H groups in total. The molecule has 1 aliphatic rings. The largest absolute Gasteiger partial charge is 0.381 e. The SMILES string of the molecule is O=C(CCc1ccc(F)cc1)NCC1CCOCC1. The van der Waals surface area contributed by atoms with Gasteiger partial charge in [-0.3, -0.25) is 4.79 Å². The van der Waals surface area contributed by atoms with Crippen LogP contribution in [0.3, 0.4) is 0 Å². The summed E-state index contributed by atoms with van der Waals surface area (Å²) in [6.07, 6.45) is 3.16. The minimum absolute atomic E-state index is 0.0656. The zero-order valence-electron chi connectivity index (χ0n) is 11.0. The van der Waals surface area contributed by atoms with E-state index in [1.807, 2.05) is 0 Å². The normalized spacial score (nSPS) is 16.3. The van der Waals surface area contributed by atoms with Crippen LogP contribution in [0, 0.1) is 11.7 Å². The molecular weight excluding hydrogens is 245 g/mol. The minimum Gasteiger partial charge on any atom is -0.381 e. The van der Waals surface area contributed by atoms with E-state index < -0.39 is 0 Å². The van der Waals surface area contributed by atoms with Crippen LogP contribution in [0.2, 0.25) is 0 Å². The number of aryl methyl sites for hydroxylation is 1. The number of ether oxygens (including phenoxy) is 1. The molecule has 0 aromatic heterocycles. The van der Waals surface area contributed by atoms with Gasteiger partial charge in [0, 0.05) is 26.2 Å². The van der Waals surface area contributed by atoms with Crippen LogP contribution in [0.1, 0.15) is 24.8 Å². The van der Waals surface area contributed by atoms with Crippen LogP contribution in [0.25, 0.3) is 0 Å². The number of hydrogen-bond donors (Lipinski definition) is 1. The first-order valence-corrected chi connectivity index (χ1v) is 6.83. The number of halogens is 1. The highest BCUT2D eigenvalue weighted by Crippen LogP contribution is 2.13. The maximum atomic E-state index is 12.7. The highest BCUT2D eigenvalue weighted by Gasteiger charge is 2.14. The summed E-state index contributed by atoms with van der Waals surface area (Å²) in [5.74, 6) is 0.368. The third kappa shape index (κ3) is 4.99. The summed E-state index contributed by atoms with van der Waals surface area (Å²) in [5.41, 5.74) is 0.989. The van der Waals surface area contributed by atoms with Gasteiger partial charge in [0.1, 0.15) is 5.82 Å². The van der Waals surface area contributed by atoms with Crippen LogP contribution in [-0.2, 0) is 16.0 Å². The number of carbonyl (C=O) groups excluding carboxylic acids is 1. The molecule has 2 rings (SSSR count). The molecule has 0 spiro atoms. The third-order valence-electron chi connectivity index (χ3n) is 3.48. The van der Waals surface area contributed by atoms with Crippen molar-refractivity contribution in [2.45, 2.75) is 25.7 Å². The fourth-order valence-corrected chi connectivity index (χ4v) is 2.21. The van der Waals surface area contributed by atoms with Crippen molar-refractivity contribution in [1.82, 2.24) is 5.32 Å². The number of benzene rings is 1. The van der Waals surface area contributed by atoms with Gasteiger partial charge in [0.25, 0.3) is 0 Å². The number of carbonyl (C=O) groups is 1. The summed E-state index contributed by atoms with van der Waals surface area (Å²) in [7, 11) is 0. The smallest absolute Gasteiger partial charge is 0.220 e. The Labute approximate surface area is 113 Å². The lowest BCUT2D eigenvalue weighted by molar-refractivity contribution is -0.121. The maximum Gasteiger partial charge on any atom is 0.220 e. The van der Waals surface area contributed by atoms with Crippen molar-refractivity contribution in [3.05, 3.63) is 35.6 Å². The maximum absolute atomic E-state index is 12.7. The Morgan fingerprint density at radius 1 is 1.26 bits per heavy atom. The molecule has 0 saturated carbocycles. The van der Waals surface area contributed by atoms with Crippen molar-refractivity contribution in [3.8, 4) is 0 Å². The van der Waals surface area contributed by atoms with Crippen molar-refractivity contribution in [2.75, 3.05) is 19.8 Å². The molecule has 0 radical (unpaired) electrons. The van der Waals surface area contributed by atoms with E-state index in [4.69, 9.17) is 4.74 Å². The van der Waals surface area contributed by atoms with Gasteiger partial charge in [-0.1, -0.05) is 12.1 Å². The van der Waals surface area contributed by atoms with E-state index in [9.17, 15) is 9.18 Å². The van der Waals surface area contributed by atoms with Crippen LogP contribution in [0.4, 0.5) is 4.39 Å². The van der Waals surface area contributed by atoms with Crippen LogP contribution < -0.4 is 5.32 Å². The molecule has 1 heterocycles. The summed E-state index contributed by atoms with van der Waals surface area (Å²) >= 11 is 0. The van der Waals surface area contributed by atoms with E-state index in [-0.39, 0.29) is 11.7 Å². The van der Waals surface area contributed by atoms with Crippen molar-refractivity contribution in [1.29, 1.82) is 0 Å². The van der Waals surface area contributed by atoms with Crippen molar-refractivity contribution in [3.63, 3.8) is 0 Å². The lowest BCUT2D eigenvalue weighted by Crippen LogP contribution is -2.32. The van der Waals surface area contributed by atoms with Crippen LogP contribution in [0.15, 0.2) is 24.3 Å². The van der Waals surface area contributed by atoms with Gasteiger partial charge >= 0.3 is 0 Å². The second kappa shape index (κ2) is 7.24. The highest BCUT2D eigenvalue weighted by molar-refractivity contribution is 5.76. The van der Waals surface area contributed by atoms with E-state index in [2.05, 4.69) is 5.32 Å². The number of amides is 1. The summed E-state index contributed by atoms with van der Waals surface area (Å²) in [6.45, 7) is 2.35. The van der Waals surface area contributed by atoms with Gasteiger partial charge in [-0.05, 0) is 42.9 Å². The fraction of sp³-hybridized carbons (Fsp3) is 0.533. The van der Waals surface area contributed by atoms with Gasteiger partial charge in [-0.25, -0.2) is 4.39 Å². The zero-order chi connectivity index (χ0) is 13.5. The molecular formula is C15H20FNO2. The molecule has 4 heteroatoms. The Hall–Kier alpha value is -1.42. The summed E-state index contributed by atoms with van der Waals surface area (Å²) < 4.78 is 18.0.